The van der Waals surface area contributed by atoms with Crippen LogP contribution in [-0.4, -0.2) is 30.8 Å². The standard InChI is InChI=1S/C18H22N2O4/c1-12-16(13(2)24-20-12)11-23-17-6-4-3-5-15(17)18(21)19-9-14-7-8-22-10-14/h3-6,14H,7-11H2,1-2H3,(H,19,21)/t14-/m0/s1. The van der Waals surface area contributed by atoms with Gasteiger partial charge in [-0.15, -0.1) is 0 Å². The van der Waals surface area contributed by atoms with Gasteiger partial charge in [0.15, 0.2) is 0 Å². The summed E-state index contributed by atoms with van der Waals surface area (Å²) in [5.41, 5.74) is 2.24. The third-order valence-electron chi connectivity index (χ3n) is 4.26. The number of aromatic nitrogens is 1. The van der Waals surface area contributed by atoms with E-state index in [1.54, 1.807) is 12.1 Å². The van der Waals surface area contributed by atoms with E-state index in [1.807, 2.05) is 26.0 Å². The van der Waals surface area contributed by atoms with Crippen molar-refractivity contribution in [1.29, 1.82) is 0 Å². The Bertz CT molecular complexity index is 685. The van der Waals surface area contributed by atoms with Crippen LogP contribution in [0, 0.1) is 19.8 Å². The highest BCUT2D eigenvalue weighted by molar-refractivity contribution is 5.96. The molecule has 2 heterocycles. The minimum absolute atomic E-state index is 0.128. The van der Waals surface area contributed by atoms with E-state index < -0.39 is 0 Å². The number of aryl methyl sites for hydroxylation is 2. The molecule has 1 aromatic carbocycles. The van der Waals surface area contributed by atoms with E-state index in [2.05, 4.69) is 10.5 Å². The van der Waals surface area contributed by atoms with Gasteiger partial charge >= 0.3 is 0 Å². The Morgan fingerprint density at radius 3 is 2.92 bits per heavy atom. The van der Waals surface area contributed by atoms with E-state index in [0.29, 0.717) is 37.0 Å². The van der Waals surface area contributed by atoms with Crippen molar-refractivity contribution in [2.75, 3.05) is 19.8 Å². The zero-order valence-corrected chi connectivity index (χ0v) is 14.0. The van der Waals surface area contributed by atoms with E-state index in [4.69, 9.17) is 14.0 Å². The minimum atomic E-state index is -0.128. The Morgan fingerprint density at radius 1 is 1.38 bits per heavy atom. The highest BCUT2D eigenvalue weighted by Crippen LogP contribution is 2.21. The van der Waals surface area contributed by atoms with Crippen LogP contribution in [0.3, 0.4) is 0 Å². The average Bonchev–Trinajstić information content (AvgIpc) is 3.22. The number of carbonyl (C=O) groups is 1. The van der Waals surface area contributed by atoms with Crippen molar-refractivity contribution in [2.24, 2.45) is 5.92 Å². The lowest BCUT2D eigenvalue weighted by molar-refractivity contribution is 0.0940. The van der Waals surface area contributed by atoms with Crippen LogP contribution in [0.5, 0.6) is 5.75 Å². The number of nitrogens with zero attached hydrogens (tertiary/aromatic N) is 1. The number of carbonyl (C=O) groups excluding carboxylic acids is 1. The number of rotatable bonds is 6. The molecular formula is C18H22N2O4. The van der Waals surface area contributed by atoms with Crippen molar-refractivity contribution in [3.63, 3.8) is 0 Å². The van der Waals surface area contributed by atoms with Gasteiger partial charge in [-0.2, -0.15) is 0 Å². The molecule has 1 saturated heterocycles. The smallest absolute Gasteiger partial charge is 0.255 e. The molecule has 1 aliphatic heterocycles. The maximum absolute atomic E-state index is 12.5. The number of hydrogen-bond acceptors (Lipinski definition) is 5. The van der Waals surface area contributed by atoms with Gasteiger partial charge in [-0.25, -0.2) is 0 Å². The summed E-state index contributed by atoms with van der Waals surface area (Å²) in [4.78, 5) is 12.5. The summed E-state index contributed by atoms with van der Waals surface area (Å²) in [7, 11) is 0. The zero-order chi connectivity index (χ0) is 16.9. The number of nitrogens with one attached hydrogen (secondary N) is 1. The molecule has 0 aliphatic carbocycles. The van der Waals surface area contributed by atoms with E-state index in [-0.39, 0.29) is 5.91 Å². The van der Waals surface area contributed by atoms with Gasteiger partial charge in [-0.1, -0.05) is 17.3 Å². The molecule has 6 heteroatoms. The van der Waals surface area contributed by atoms with Crippen LogP contribution in [0.2, 0.25) is 0 Å². The van der Waals surface area contributed by atoms with Gasteiger partial charge in [0.05, 0.1) is 23.4 Å². The van der Waals surface area contributed by atoms with Crippen molar-refractivity contribution in [2.45, 2.75) is 26.9 Å². The molecule has 1 N–H and O–H groups in total. The van der Waals surface area contributed by atoms with Gasteiger partial charge in [0.1, 0.15) is 18.1 Å². The summed E-state index contributed by atoms with van der Waals surface area (Å²) in [5.74, 6) is 1.55. The Kier molecular flexibility index (Phi) is 5.15. The maximum Gasteiger partial charge on any atom is 0.255 e. The highest BCUT2D eigenvalue weighted by atomic mass is 16.5. The molecule has 0 saturated carbocycles. The van der Waals surface area contributed by atoms with E-state index in [9.17, 15) is 4.79 Å². The Balaban J connectivity index is 1.64. The molecular weight excluding hydrogens is 308 g/mol. The second-order valence-electron chi connectivity index (χ2n) is 6.03. The fraction of sp³-hybridized carbons (Fsp3) is 0.444. The molecule has 0 unspecified atom stereocenters. The third kappa shape index (κ3) is 3.76. The largest absolute Gasteiger partial charge is 0.488 e. The first-order chi connectivity index (χ1) is 11.6. The molecule has 128 valence electrons. The van der Waals surface area contributed by atoms with Crippen LogP contribution in [0.15, 0.2) is 28.8 Å². The molecule has 2 aromatic rings. The molecule has 0 bridgehead atoms. The predicted molar refractivity (Wildman–Crippen MR) is 88.0 cm³/mol. The summed E-state index contributed by atoms with van der Waals surface area (Å²) >= 11 is 0. The summed E-state index contributed by atoms with van der Waals surface area (Å²) in [5, 5.41) is 6.88. The third-order valence-corrected chi connectivity index (χ3v) is 4.26. The number of ether oxygens (including phenoxy) is 2. The lowest BCUT2D eigenvalue weighted by Crippen LogP contribution is -2.29. The van der Waals surface area contributed by atoms with Crippen molar-refractivity contribution < 1.29 is 18.8 Å². The molecule has 6 nitrogen and oxygen atoms in total. The summed E-state index contributed by atoms with van der Waals surface area (Å²) < 4.78 is 16.3. The minimum Gasteiger partial charge on any atom is -0.488 e. The second kappa shape index (κ2) is 7.49. The quantitative estimate of drug-likeness (QED) is 0.881. The Hall–Kier alpha value is -2.34. The fourth-order valence-electron chi connectivity index (χ4n) is 2.71. The molecule has 3 rings (SSSR count). The van der Waals surface area contributed by atoms with Gasteiger partial charge in [0.2, 0.25) is 0 Å². The van der Waals surface area contributed by atoms with Crippen molar-refractivity contribution in [1.82, 2.24) is 10.5 Å². The van der Waals surface area contributed by atoms with Crippen molar-refractivity contribution in [3.05, 3.63) is 46.8 Å². The number of hydrogen-bond donors (Lipinski definition) is 1. The Labute approximate surface area is 141 Å². The molecule has 1 amide bonds. The van der Waals surface area contributed by atoms with Crippen LogP contribution >= 0.6 is 0 Å². The van der Waals surface area contributed by atoms with E-state index in [0.717, 1.165) is 30.0 Å². The van der Waals surface area contributed by atoms with Crippen LogP contribution in [0.1, 0.15) is 33.8 Å². The van der Waals surface area contributed by atoms with Gasteiger partial charge in [0, 0.05) is 19.1 Å². The molecule has 0 spiro atoms. The maximum atomic E-state index is 12.5. The number of para-hydroxylation sites is 1. The first-order valence-corrected chi connectivity index (χ1v) is 8.14. The van der Waals surface area contributed by atoms with Crippen molar-refractivity contribution in [3.8, 4) is 5.75 Å². The lowest BCUT2D eigenvalue weighted by atomic mass is 10.1. The molecule has 1 aliphatic rings. The SMILES string of the molecule is Cc1noc(C)c1COc1ccccc1C(=O)NC[C@@H]1CCOC1. The monoisotopic (exact) mass is 330 g/mol. The highest BCUT2D eigenvalue weighted by Gasteiger charge is 2.19. The first kappa shape index (κ1) is 16.5. The van der Waals surface area contributed by atoms with Gasteiger partial charge in [-0.05, 0) is 32.4 Å². The molecule has 0 radical (unpaired) electrons. The van der Waals surface area contributed by atoms with Crippen LogP contribution in [-0.2, 0) is 11.3 Å². The summed E-state index contributed by atoms with van der Waals surface area (Å²) in [6.07, 6.45) is 0.991. The van der Waals surface area contributed by atoms with Crippen LogP contribution in [0.4, 0.5) is 0 Å². The van der Waals surface area contributed by atoms with Gasteiger partial charge in [0.25, 0.3) is 5.91 Å². The van der Waals surface area contributed by atoms with Gasteiger partial charge in [-0.3, -0.25) is 4.79 Å². The second-order valence-corrected chi connectivity index (χ2v) is 6.03. The lowest BCUT2D eigenvalue weighted by Gasteiger charge is -2.13. The summed E-state index contributed by atoms with van der Waals surface area (Å²) in [6, 6.07) is 7.25. The van der Waals surface area contributed by atoms with E-state index >= 15 is 0 Å². The normalized spacial score (nSPS) is 17.0. The van der Waals surface area contributed by atoms with Crippen LogP contribution in [0.25, 0.3) is 0 Å². The summed E-state index contributed by atoms with van der Waals surface area (Å²) in [6.45, 7) is 6.15. The van der Waals surface area contributed by atoms with Crippen molar-refractivity contribution >= 4 is 5.91 Å². The molecule has 1 fully saturated rings. The predicted octanol–water partition coefficient (Wildman–Crippen LogP) is 2.64. The zero-order valence-electron chi connectivity index (χ0n) is 14.0. The molecule has 1 atom stereocenters. The molecule has 1 aromatic heterocycles. The number of benzene rings is 1. The number of amides is 1. The average molecular weight is 330 g/mol. The molecule has 24 heavy (non-hydrogen) atoms. The van der Waals surface area contributed by atoms with Crippen LogP contribution < -0.4 is 10.1 Å². The van der Waals surface area contributed by atoms with Gasteiger partial charge < -0.3 is 19.3 Å². The fourth-order valence-corrected chi connectivity index (χ4v) is 2.71. The first-order valence-electron chi connectivity index (χ1n) is 8.14. The Morgan fingerprint density at radius 2 is 2.21 bits per heavy atom. The topological polar surface area (TPSA) is 73.6 Å². The van der Waals surface area contributed by atoms with E-state index in [1.165, 1.54) is 0 Å².